The smallest absolute Gasteiger partial charge is 0.180 e. The van der Waals surface area contributed by atoms with Gasteiger partial charge in [0, 0.05) is 25.5 Å². The molecule has 0 aromatic carbocycles. The second-order valence-corrected chi connectivity index (χ2v) is 5.66. The average Bonchev–Trinajstić information content (AvgIpc) is 2.91. The SMILES string of the molecule is CCCNc1cn2ccnc2c(NCC(C)(O)CCC)n1. The minimum absolute atomic E-state index is 0.452. The fraction of sp³-hybridized carbons (Fsp3) is 0.600. The number of nitrogens with one attached hydrogen (secondary N) is 2. The zero-order chi connectivity index (χ0) is 15.3. The zero-order valence-electron chi connectivity index (χ0n) is 13.1. The number of hydrogen-bond acceptors (Lipinski definition) is 5. The third-order valence-corrected chi connectivity index (χ3v) is 3.36. The predicted octanol–water partition coefficient (Wildman–Crippen LogP) is 2.51. The van der Waals surface area contributed by atoms with Gasteiger partial charge in [0.15, 0.2) is 11.5 Å². The molecule has 3 N–H and O–H groups in total. The lowest BCUT2D eigenvalue weighted by atomic mass is 10.0. The average molecular weight is 291 g/mol. The fourth-order valence-electron chi connectivity index (χ4n) is 2.29. The Morgan fingerprint density at radius 2 is 2.10 bits per heavy atom. The van der Waals surface area contributed by atoms with Crippen LogP contribution >= 0.6 is 0 Å². The number of imidazole rings is 1. The molecular weight excluding hydrogens is 266 g/mol. The zero-order valence-corrected chi connectivity index (χ0v) is 13.1. The molecule has 0 saturated heterocycles. The Bertz CT molecular complexity index is 578. The van der Waals surface area contributed by atoms with Gasteiger partial charge in [-0.25, -0.2) is 9.97 Å². The minimum atomic E-state index is -0.743. The normalized spacial score (nSPS) is 14.1. The first-order valence-corrected chi connectivity index (χ1v) is 7.59. The summed E-state index contributed by atoms with van der Waals surface area (Å²) in [6, 6.07) is 0. The summed E-state index contributed by atoms with van der Waals surface area (Å²) in [5.41, 5.74) is 0.0247. The van der Waals surface area contributed by atoms with Crippen molar-refractivity contribution in [3.8, 4) is 0 Å². The highest BCUT2D eigenvalue weighted by atomic mass is 16.3. The molecular formula is C15H25N5O. The van der Waals surface area contributed by atoms with Crippen LogP contribution in [0.3, 0.4) is 0 Å². The molecule has 0 aliphatic rings. The first kappa shape index (κ1) is 15.6. The van der Waals surface area contributed by atoms with E-state index in [1.165, 1.54) is 0 Å². The van der Waals surface area contributed by atoms with E-state index >= 15 is 0 Å². The lowest BCUT2D eigenvalue weighted by Gasteiger charge is -2.23. The lowest BCUT2D eigenvalue weighted by molar-refractivity contribution is 0.0636. The topological polar surface area (TPSA) is 74.5 Å². The van der Waals surface area contributed by atoms with Crippen LogP contribution in [0.4, 0.5) is 11.6 Å². The molecule has 0 bridgehead atoms. The fourth-order valence-corrected chi connectivity index (χ4v) is 2.29. The first-order chi connectivity index (χ1) is 10.1. The van der Waals surface area contributed by atoms with Crippen molar-refractivity contribution in [2.24, 2.45) is 0 Å². The molecule has 0 aliphatic heterocycles. The molecule has 2 aromatic rings. The molecule has 6 heteroatoms. The maximum Gasteiger partial charge on any atom is 0.180 e. The van der Waals surface area contributed by atoms with E-state index in [-0.39, 0.29) is 0 Å². The summed E-state index contributed by atoms with van der Waals surface area (Å²) >= 11 is 0. The van der Waals surface area contributed by atoms with E-state index in [9.17, 15) is 5.11 Å². The Hall–Kier alpha value is -1.82. The molecule has 1 atom stereocenters. The Labute approximate surface area is 125 Å². The molecule has 0 aliphatic carbocycles. The number of hydrogen-bond donors (Lipinski definition) is 3. The summed E-state index contributed by atoms with van der Waals surface area (Å²) in [5.74, 6) is 1.50. The van der Waals surface area contributed by atoms with Crippen molar-refractivity contribution in [3.63, 3.8) is 0 Å². The maximum atomic E-state index is 10.3. The van der Waals surface area contributed by atoms with Gasteiger partial charge in [-0.2, -0.15) is 0 Å². The number of fused-ring (bicyclic) bond motifs is 1. The van der Waals surface area contributed by atoms with Crippen LogP contribution < -0.4 is 10.6 Å². The second-order valence-electron chi connectivity index (χ2n) is 5.66. The monoisotopic (exact) mass is 291 g/mol. The number of anilines is 2. The van der Waals surface area contributed by atoms with Crippen molar-refractivity contribution >= 4 is 17.3 Å². The number of aromatic nitrogens is 3. The molecule has 0 radical (unpaired) electrons. The van der Waals surface area contributed by atoms with Gasteiger partial charge in [0.1, 0.15) is 5.82 Å². The van der Waals surface area contributed by atoms with Gasteiger partial charge >= 0.3 is 0 Å². The summed E-state index contributed by atoms with van der Waals surface area (Å²) in [7, 11) is 0. The summed E-state index contributed by atoms with van der Waals surface area (Å²) < 4.78 is 1.93. The Morgan fingerprint density at radius 1 is 1.29 bits per heavy atom. The molecule has 0 amide bonds. The molecule has 21 heavy (non-hydrogen) atoms. The minimum Gasteiger partial charge on any atom is -0.388 e. The van der Waals surface area contributed by atoms with Crippen LogP contribution in [-0.4, -0.2) is 38.2 Å². The van der Waals surface area contributed by atoms with Crippen LogP contribution in [0.15, 0.2) is 18.6 Å². The van der Waals surface area contributed by atoms with E-state index in [0.29, 0.717) is 12.4 Å². The Balaban J connectivity index is 2.18. The highest BCUT2D eigenvalue weighted by molar-refractivity contribution is 5.65. The molecule has 0 saturated carbocycles. The molecule has 6 nitrogen and oxygen atoms in total. The standard InChI is InChI=1S/C15H25N5O/c1-4-6-15(3,21)11-18-13-14-17-8-9-20(14)10-12(19-13)16-7-5-2/h8-10,16,21H,4-7,11H2,1-3H3,(H,18,19). The first-order valence-electron chi connectivity index (χ1n) is 7.59. The Morgan fingerprint density at radius 3 is 2.81 bits per heavy atom. The van der Waals surface area contributed by atoms with Gasteiger partial charge in [0.25, 0.3) is 0 Å². The van der Waals surface area contributed by atoms with Crippen molar-refractivity contribution in [1.29, 1.82) is 0 Å². The van der Waals surface area contributed by atoms with Crippen LogP contribution in [0.5, 0.6) is 0 Å². The molecule has 2 rings (SSSR count). The molecule has 0 fully saturated rings. The van der Waals surface area contributed by atoms with Crippen LogP contribution in [0, 0.1) is 0 Å². The van der Waals surface area contributed by atoms with Gasteiger partial charge in [0.05, 0.1) is 11.8 Å². The number of nitrogens with zero attached hydrogens (tertiary/aromatic N) is 3. The second kappa shape index (κ2) is 6.76. The summed E-state index contributed by atoms with van der Waals surface area (Å²) in [4.78, 5) is 8.87. The number of aliphatic hydroxyl groups is 1. The van der Waals surface area contributed by atoms with Crippen molar-refractivity contribution < 1.29 is 5.11 Å². The van der Waals surface area contributed by atoms with Crippen LogP contribution in [0.1, 0.15) is 40.0 Å². The van der Waals surface area contributed by atoms with E-state index in [1.807, 2.05) is 23.7 Å². The van der Waals surface area contributed by atoms with Crippen molar-refractivity contribution in [3.05, 3.63) is 18.6 Å². The Kier molecular flexibility index (Phi) is 5.01. The van der Waals surface area contributed by atoms with Crippen molar-refractivity contribution in [2.75, 3.05) is 23.7 Å². The summed E-state index contributed by atoms with van der Waals surface area (Å²) in [5, 5.41) is 16.8. The molecule has 0 spiro atoms. The van der Waals surface area contributed by atoms with Crippen LogP contribution in [0.25, 0.3) is 5.65 Å². The molecule has 2 aromatic heterocycles. The summed E-state index contributed by atoms with van der Waals surface area (Å²) in [6.45, 7) is 7.35. The van der Waals surface area contributed by atoms with Crippen molar-refractivity contribution in [2.45, 2.75) is 45.6 Å². The highest BCUT2D eigenvalue weighted by Gasteiger charge is 2.19. The quantitative estimate of drug-likeness (QED) is 0.697. The largest absolute Gasteiger partial charge is 0.388 e. The van der Waals surface area contributed by atoms with Gasteiger partial charge in [0.2, 0.25) is 0 Å². The van der Waals surface area contributed by atoms with Gasteiger partial charge < -0.3 is 20.1 Å². The van der Waals surface area contributed by atoms with Gasteiger partial charge in [-0.1, -0.05) is 20.3 Å². The maximum absolute atomic E-state index is 10.3. The van der Waals surface area contributed by atoms with E-state index in [1.54, 1.807) is 6.20 Å². The molecule has 2 heterocycles. The van der Waals surface area contributed by atoms with E-state index in [2.05, 4.69) is 34.4 Å². The van der Waals surface area contributed by atoms with Gasteiger partial charge in [-0.3, -0.25) is 0 Å². The molecule has 1 unspecified atom stereocenters. The van der Waals surface area contributed by atoms with Crippen LogP contribution in [0.2, 0.25) is 0 Å². The third-order valence-electron chi connectivity index (χ3n) is 3.36. The predicted molar refractivity (Wildman–Crippen MR) is 85.8 cm³/mol. The van der Waals surface area contributed by atoms with E-state index in [4.69, 9.17) is 0 Å². The lowest BCUT2D eigenvalue weighted by Crippen LogP contribution is -2.33. The molecule has 116 valence electrons. The van der Waals surface area contributed by atoms with Gasteiger partial charge in [-0.15, -0.1) is 0 Å². The third kappa shape index (κ3) is 4.07. The van der Waals surface area contributed by atoms with Gasteiger partial charge in [-0.05, 0) is 19.8 Å². The van der Waals surface area contributed by atoms with Crippen molar-refractivity contribution in [1.82, 2.24) is 14.4 Å². The number of rotatable bonds is 8. The van der Waals surface area contributed by atoms with E-state index < -0.39 is 5.60 Å². The highest BCUT2D eigenvalue weighted by Crippen LogP contribution is 2.19. The van der Waals surface area contributed by atoms with Crippen LogP contribution in [-0.2, 0) is 0 Å². The van der Waals surface area contributed by atoms with E-state index in [0.717, 1.165) is 37.3 Å². The summed E-state index contributed by atoms with van der Waals surface area (Å²) in [6.07, 6.45) is 8.29.